The summed E-state index contributed by atoms with van der Waals surface area (Å²) >= 11 is 3.18. The molecule has 0 saturated carbocycles. The molecule has 0 aliphatic carbocycles. The Morgan fingerprint density at radius 3 is 2.53 bits per heavy atom. The van der Waals surface area contributed by atoms with Gasteiger partial charge in [-0.05, 0) is 46.6 Å². The van der Waals surface area contributed by atoms with Crippen LogP contribution in [0.5, 0.6) is 0 Å². The summed E-state index contributed by atoms with van der Waals surface area (Å²) in [4.78, 5) is 20.0. The molecule has 19 heavy (non-hydrogen) atoms. The Balaban J connectivity index is 2.05. The van der Waals surface area contributed by atoms with Crippen LogP contribution in [0.3, 0.4) is 0 Å². The molecule has 98 valence electrons. The smallest absolute Gasteiger partial charge is 0.256 e. The summed E-state index contributed by atoms with van der Waals surface area (Å²) in [6.07, 6.45) is 3.82. The van der Waals surface area contributed by atoms with Crippen molar-refractivity contribution in [3.63, 3.8) is 0 Å². The van der Waals surface area contributed by atoms with Crippen molar-refractivity contribution in [2.45, 2.75) is 6.42 Å². The van der Waals surface area contributed by atoms with Crippen LogP contribution in [0.4, 0.5) is 5.82 Å². The third-order valence-electron chi connectivity index (χ3n) is 2.51. The largest absolute Gasteiger partial charge is 0.330 e. The minimum absolute atomic E-state index is 0.212. The van der Waals surface area contributed by atoms with Crippen LogP contribution < -0.4 is 11.1 Å². The number of benzene rings is 1. The molecule has 1 aromatic heterocycles. The standard InChI is InChI=1S/C13H13BrN4O/c14-11-7-17-12(8-16-11)18-13(19)10-3-1-9(2-4-10)5-6-15/h1-4,7-8H,5-6,15H2,(H,17,18,19). The molecule has 2 rings (SSSR count). The van der Waals surface area contributed by atoms with Crippen molar-refractivity contribution in [1.29, 1.82) is 0 Å². The molecule has 0 atom stereocenters. The Bertz CT molecular complexity index is 554. The second-order valence-corrected chi connectivity index (χ2v) is 4.73. The molecule has 0 fully saturated rings. The lowest BCUT2D eigenvalue weighted by molar-refractivity contribution is 0.102. The van der Waals surface area contributed by atoms with Crippen molar-refractivity contribution < 1.29 is 4.79 Å². The van der Waals surface area contributed by atoms with Crippen molar-refractivity contribution in [3.05, 3.63) is 52.4 Å². The summed E-state index contributed by atoms with van der Waals surface area (Å²) in [5.74, 6) is 0.204. The normalized spacial score (nSPS) is 10.2. The summed E-state index contributed by atoms with van der Waals surface area (Å²) in [6, 6.07) is 7.34. The third kappa shape index (κ3) is 3.84. The first-order chi connectivity index (χ1) is 9.19. The molecule has 0 radical (unpaired) electrons. The van der Waals surface area contributed by atoms with Gasteiger partial charge in [-0.15, -0.1) is 0 Å². The van der Waals surface area contributed by atoms with Crippen LogP contribution in [0, 0.1) is 0 Å². The molecule has 0 unspecified atom stereocenters. The molecule has 2 aromatic rings. The predicted octanol–water partition coefficient (Wildman–Crippen LogP) is 1.99. The number of hydrogen-bond acceptors (Lipinski definition) is 4. The van der Waals surface area contributed by atoms with Crippen LogP contribution in [0.25, 0.3) is 0 Å². The summed E-state index contributed by atoms with van der Waals surface area (Å²) in [5, 5.41) is 2.68. The number of anilines is 1. The van der Waals surface area contributed by atoms with Crippen molar-refractivity contribution in [2.24, 2.45) is 5.73 Å². The summed E-state index contributed by atoms with van der Waals surface area (Å²) in [6.45, 7) is 0.597. The van der Waals surface area contributed by atoms with Gasteiger partial charge >= 0.3 is 0 Å². The highest BCUT2D eigenvalue weighted by atomic mass is 79.9. The molecule has 1 amide bonds. The number of nitrogens with two attached hydrogens (primary N) is 1. The first kappa shape index (κ1) is 13.6. The van der Waals surface area contributed by atoms with Crippen LogP contribution in [-0.4, -0.2) is 22.4 Å². The zero-order valence-corrected chi connectivity index (χ0v) is 11.7. The summed E-state index contributed by atoms with van der Waals surface area (Å²) < 4.78 is 0.622. The molecule has 5 nitrogen and oxygen atoms in total. The molecular formula is C13H13BrN4O. The van der Waals surface area contributed by atoms with Gasteiger partial charge in [0, 0.05) is 5.56 Å². The van der Waals surface area contributed by atoms with E-state index in [9.17, 15) is 4.79 Å². The van der Waals surface area contributed by atoms with Gasteiger partial charge < -0.3 is 11.1 Å². The molecule has 3 N–H and O–H groups in total. The minimum atomic E-state index is -0.212. The Morgan fingerprint density at radius 1 is 1.21 bits per heavy atom. The number of hydrogen-bond donors (Lipinski definition) is 2. The van der Waals surface area contributed by atoms with Crippen LogP contribution in [0.2, 0.25) is 0 Å². The Hall–Kier alpha value is -1.79. The topological polar surface area (TPSA) is 80.9 Å². The molecule has 0 aliphatic rings. The van der Waals surface area contributed by atoms with E-state index in [4.69, 9.17) is 5.73 Å². The van der Waals surface area contributed by atoms with Crippen molar-refractivity contribution in [3.8, 4) is 0 Å². The molecule has 6 heteroatoms. The van der Waals surface area contributed by atoms with Crippen LogP contribution >= 0.6 is 15.9 Å². The average Bonchev–Trinajstić information content (AvgIpc) is 2.42. The van der Waals surface area contributed by atoms with E-state index < -0.39 is 0 Å². The van der Waals surface area contributed by atoms with Crippen LogP contribution in [-0.2, 0) is 6.42 Å². The zero-order chi connectivity index (χ0) is 13.7. The number of amides is 1. The Morgan fingerprint density at radius 2 is 1.95 bits per heavy atom. The maximum absolute atomic E-state index is 12.0. The second kappa shape index (κ2) is 6.40. The second-order valence-electron chi connectivity index (χ2n) is 3.91. The SMILES string of the molecule is NCCc1ccc(C(=O)Nc2cnc(Br)cn2)cc1. The van der Waals surface area contributed by atoms with E-state index in [1.807, 2.05) is 12.1 Å². The highest BCUT2D eigenvalue weighted by Crippen LogP contribution is 2.09. The molecule has 0 saturated heterocycles. The maximum atomic E-state index is 12.0. The highest BCUT2D eigenvalue weighted by molar-refractivity contribution is 9.10. The molecule has 0 bridgehead atoms. The van der Waals surface area contributed by atoms with E-state index in [2.05, 4.69) is 31.2 Å². The predicted molar refractivity (Wildman–Crippen MR) is 76.9 cm³/mol. The van der Waals surface area contributed by atoms with Crippen LogP contribution in [0.1, 0.15) is 15.9 Å². The number of carbonyl (C=O) groups is 1. The fourth-order valence-corrected chi connectivity index (χ4v) is 1.76. The fraction of sp³-hybridized carbons (Fsp3) is 0.154. The highest BCUT2D eigenvalue weighted by Gasteiger charge is 2.06. The number of halogens is 1. The third-order valence-corrected chi connectivity index (χ3v) is 2.92. The van der Waals surface area contributed by atoms with E-state index in [-0.39, 0.29) is 5.91 Å². The molecular weight excluding hydrogens is 308 g/mol. The lowest BCUT2D eigenvalue weighted by atomic mass is 10.1. The van der Waals surface area contributed by atoms with Gasteiger partial charge in [0.25, 0.3) is 5.91 Å². The fourth-order valence-electron chi connectivity index (χ4n) is 1.55. The number of nitrogens with zero attached hydrogens (tertiary/aromatic N) is 2. The van der Waals surface area contributed by atoms with Crippen molar-refractivity contribution >= 4 is 27.7 Å². The monoisotopic (exact) mass is 320 g/mol. The average molecular weight is 321 g/mol. The minimum Gasteiger partial charge on any atom is -0.330 e. The number of carbonyl (C=O) groups excluding carboxylic acids is 1. The van der Waals surface area contributed by atoms with Gasteiger partial charge in [0.05, 0.1) is 12.4 Å². The van der Waals surface area contributed by atoms with Crippen molar-refractivity contribution in [1.82, 2.24) is 9.97 Å². The van der Waals surface area contributed by atoms with E-state index in [1.54, 1.807) is 12.1 Å². The van der Waals surface area contributed by atoms with Gasteiger partial charge in [0.2, 0.25) is 0 Å². The molecule has 1 heterocycles. The van der Waals surface area contributed by atoms with E-state index in [0.717, 1.165) is 12.0 Å². The lowest BCUT2D eigenvalue weighted by Crippen LogP contribution is -2.13. The van der Waals surface area contributed by atoms with Gasteiger partial charge in [-0.3, -0.25) is 4.79 Å². The van der Waals surface area contributed by atoms with E-state index in [1.165, 1.54) is 12.4 Å². The number of nitrogens with one attached hydrogen (secondary N) is 1. The quantitative estimate of drug-likeness (QED) is 0.902. The van der Waals surface area contributed by atoms with Gasteiger partial charge in [0.15, 0.2) is 5.82 Å². The van der Waals surface area contributed by atoms with Gasteiger partial charge in [0.1, 0.15) is 4.60 Å². The van der Waals surface area contributed by atoms with Gasteiger partial charge in [-0.1, -0.05) is 12.1 Å². The first-order valence-electron chi connectivity index (χ1n) is 5.77. The molecule has 0 aliphatic heterocycles. The Kier molecular flexibility index (Phi) is 4.59. The number of rotatable bonds is 4. The zero-order valence-electron chi connectivity index (χ0n) is 10.1. The van der Waals surface area contributed by atoms with Gasteiger partial charge in [-0.2, -0.15) is 0 Å². The van der Waals surface area contributed by atoms with E-state index >= 15 is 0 Å². The first-order valence-corrected chi connectivity index (χ1v) is 6.56. The molecule has 1 aromatic carbocycles. The lowest BCUT2D eigenvalue weighted by Gasteiger charge is -2.05. The maximum Gasteiger partial charge on any atom is 0.256 e. The van der Waals surface area contributed by atoms with E-state index in [0.29, 0.717) is 22.5 Å². The van der Waals surface area contributed by atoms with Crippen LogP contribution in [0.15, 0.2) is 41.3 Å². The molecule has 0 spiro atoms. The summed E-state index contributed by atoms with van der Waals surface area (Å²) in [7, 11) is 0. The number of aromatic nitrogens is 2. The summed E-state index contributed by atoms with van der Waals surface area (Å²) in [5.41, 5.74) is 7.16. The van der Waals surface area contributed by atoms with Crippen molar-refractivity contribution in [2.75, 3.05) is 11.9 Å². The van der Waals surface area contributed by atoms with Gasteiger partial charge in [-0.25, -0.2) is 9.97 Å². The Labute approximate surface area is 119 Å².